The third-order valence-electron chi connectivity index (χ3n) is 4.23. The molecular formula is C18H23N3OS. The molecule has 1 aliphatic carbocycles. The summed E-state index contributed by atoms with van der Waals surface area (Å²) >= 11 is 1.53. The molecule has 0 spiro atoms. The summed E-state index contributed by atoms with van der Waals surface area (Å²) in [6.07, 6.45) is 6.83. The molecular weight excluding hydrogens is 306 g/mol. The van der Waals surface area contributed by atoms with Crippen LogP contribution in [0.15, 0.2) is 35.7 Å². The zero-order valence-corrected chi connectivity index (χ0v) is 14.1. The summed E-state index contributed by atoms with van der Waals surface area (Å²) in [5.41, 5.74) is 1.84. The Balaban J connectivity index is 1.45. The maximum absolute atomic E-state index is 12.1. The number of nitrogens with one attached hydrogen (secondary N) is 2. The van der Waals surface area contributed by atoms with E-state index in [4.69, 9.17) is 0 Å². The second kappa shape index (κ2) is 8.11. The molecule has 0 bridgehead atoms. The molecule has 0 saturated heterocycles. The van der Waals surface area contributed by atoms with Gasteiger partial charge in [-0.1, -0.05) is 37.5 Å². The first-order chi connectivity index (χ1) is 11.3. The number of para-hydroxylation sites is 1. The number of amides is 1. The molecule has 1 aromatic carbocycles. The maximum atomic E-state index is 12.1. The van der Waals surface area contributed by atoms with E-state index in [-0.39, 0.29) is 5.91 Å². The third kappa shape index (κ3) is 5.06. The number of hydrogen-bond acceptors (Lipinski definition) is 4. The fraction of sp³-hybridized carbons (Fsp3) is 0.444. The average molecular weight is 329 g/mol. The van der Waals surface area contributed by atoms with Gasteiger partial charge in [0.25, 0.3) is 0 Å². The largest absolute Gasteiger partial charge is 0.355 e. The van der Waals surface area contributed by atoms with Crippen molar-refractivity contribution in [2.75, 3.05) is 11.9 Å². The van der Waals surface area contributed by atoms with Crippen molar-refractivity contribution in [2.45, 2.75) is 38.5 Å². The van der Waals surface area contributed by atoms with Gasteiger partial charge in [0.1, 0.15) is 0 Å². The lowest BCUT2D eigenvalue weighted by Gasteiger charge is -2.21. The van der Waals surface area contributed by atoms with E-state index in [0.29, 0.717) is 12.3 Å². The van der Waals surface area contributed by atoms with Crippen molar-refractivity contribution in [1.29, 1.82) is 0 Å². The number of aromatic nitrogens is 1. The lowest BCUT2D eigenvalue weighted by molar-refractivity contribution is -0.120. The van der Waals surface area contributed by atoms with Crippen molar-refractivity contribution in [2.24, 2.45) is 5.92 Å². The van der Waals surface area contributed by atoms with Gasteiger partial charge < -0.3 is 10.6 Å². The molecule has 1 fully saturated rings. The van der Waals surface area contributed by atoms with Crippen molar-refractivity contribution >= 4 is 28.1 Å². The Morgan fingerprint density at radius 2 is 1.96 bits per heavy atom. The molecule has 1 aliphatic rings. The molecule has 0 radical (unpaired) electrons. The first-order valence-corrected chi connectivity index (χ1v) is 9.21. The highest BCUT2D eigenvalue weighted by molar-refractivity contribution is 7.13. The van der Waals surface area contributed by atoms with Crippen molar-refractivity contribution in [3.63, 3.8) is 0 Å². The quantitative estimate of drug-likeness (QED) is 0.838. The van der Waals surface area contributed by atoms with Crippen LogP contribution in [0.4, 0.5) is 10.8 Å². The third-order valence-corrected chi connectivity index (χ3v) is 5.04. The van der Waals surface area contributed by atoms with E-state index in [0.717, 1.165) is 23.1 Å². The summed E-state index contributed by atoms with van der Waals surface area (Å²) in [4.78, 5) is 16.5. The van der Waals surface area contributed by atoms with E-state index in [1.165, 1.54) is 43.4 Å². The molecule has 1 saturated carbocycles. The van der Waals surface area contributed by atoms with Gasteiger partial charge in [-0.25, -0.2) is 4.98 Å². The highest BCUT2D eigenvalue weighted by Crippen LogP contribution is 2.23. The molecule has 0 unspecified atom stereocenters. The number of thiazole rings is 1. The Morgan fingerprint density at radius 1 is 1.17 bits per heavy atom. The van der Waals surface area contributed by atoms with E-state index >= 15 is 0 Å². The summed E-state index contributed by atoms with van der Waals surface area (Å²) in [5.74, 6) is 0.741. The number of anilines is 2. The monoisotopic (exact) mass is 329 g/mol. The number of benzene rings is 1. The minimum atomic E-state index is 0.0761. The lowest BCUT2D eigenvalue weighted by atomic mass is 9.89. The fourth-order valence-corrected chi connectivity index (χ4v) is 3.70. The summed E-state index contributed by atoms with van der Waals surface area (Å²) in [7, 11) is 0. The standard InChI is InChI=1S/C18H23N3OS/c22-17(19-12-14-7-3-1-4-8-14)11-16-13-23-18(21-16)20-15-9-5-2-6-10-15/h2,5-6,9-10,13-14H,1,3-4,7-8,11-12H2,(H,19,22)(H,20,21). The normalized spacial score (nSPS) is 15.3. The van der Waals surface area contributed by atoms with Crippen LogP contribution in [0.2, 0.25) is 0 Å². The highest BCUT2D eigenvalue weighted by Gasteiger charge is 2.15. The smallest absolute Gasteiger partial charge is 0.226 e. The van der Waals surface area contributed by atoms with Gasteiger partial charge in [0.15, 0.2) is 5.13 Å². The van der Waals surface area contributed by atoms with Gasteiger partial charge >= 0.3 is 0 Å². The van der Waals surface area contributed by atoms with E-state index < -0.39 is 0 Å². The second-order valence-electron chi connectivity index (χ2n) is 6.12. The first kappa shape index (κ1) is 16.0. The summed E-state index contributed by atoms with van der Waals surface area (Å²) in [6.45, 7) is 0.818. The van der Waals surface area contributed by atoms with Crippen LogP contribution in [0, 0.1) is 5.92 Å². The van der Waals surface area contributed by atoms with Crippen LogP contribution in [-0.2, 0) is 11.2 Å². The second-order valence-corrected chi connectivity index (χ2v) is 6.98. The number of carbonyl (C=O) groups excluding carboxylic acids is 1. The Bertz CT molecular complexity index is 620. The van der Waals surface area contributed by atoms with Crippen molar-refractivity contribution < 1.29 is 4.79 Å². The summed E-state index contributed by atoms with van der Waals surface area (Å²) in [6, 6.07) is 9.94. The molecule has 122 valence electrons. The molecule has 0 aliphatic heterocycles. The Kier molecular flexibility index (Phi) is 5.64. The van der Waals surface area contributed by atoms with Gasteiger partial charge in [-0.05, 0) is 30.9 Å². The van der Waals surface area contributed by atoms with Crippen LogP contribution in [0.5, 0.6) is 0 Å². The van der Waals surface area contributed by atoms with Gasteiger partial charge in [-0.2, -0.15) is 0 Å². The predicted molar refractivity (Wildman–Crippen MR) is 95.1 cm³/mol. The minimum Gasteiger partial charge on any atom is -0.355 e. The zero-order chi connectivity index (χ0) is 15.9. The zero-order valence-electron chi connectivity index (χ0n) is 13.3. The SMILES string of the molecule is O=C(Cc1csc(Nc2ccccc2)n1)NCC1CCCCC1. The molecule has 4 nitrogen and oxygen atoms in total. The number of carbonyl (C=O) groups is 1. The van der Waals surface area contributed by atoms with Crippen molar-refractivity contribution in [3.8, 4) is 0 Å². The van der Waals surface area contributed by atoms with Crippen molar-refractivity contribution in [1.82, 2.24) is 10.3 Å². The maximum Gasteiger partial charge on any atom is 0.226 e. The number of hydrogen-bond donors (Lipinski definition) is 2. The predicted octanol–water partition coefficient (Wildman–Crippen LogP) is 4.13. The molecule has 2 aromatic rings. The van der Waals surface area contributed by atoms with Crippen LogP contribution in [-0.4, -0.2) is 17.4 Å². The van der Waals surface area contributed by atoms with Crippen molar-refractivity contribution in [3.05, 3.63) is 41.4 Å². The Hall–Kier alpha value is -1.88. The van der Waals surface area contributed by atoms with Gasteiger partial charge in [-0.3, -0.25) is 4.79 Å². The molecule has 0 atom stereocenters. The lowest BCUT2D eigenvalue weighted by Crippen LogP contribution is -2.31. The van der Waals surface area contributed by atoms with Gasteiger partial charge in [0, 0.05) is 17.6 Å². The van der Waals surface area contributed by atoms with E-state index in [2.05, 4.69) is 15.6 Å². The van der Waals surface area contributed by atoms with Crippen LogP contribution >= 0.6 is 11.3 Å². The Morgan fingerprint density at radius 3 is 2.74 bits per heavy atom. The van der Waals surface area contributed by atoms with Gasteiger partial charge in [-0.15, -0.1) is 11.3 Å². The molecule has 2 N–H and O–H groups in total. The van der Waals surface area contributed by atoms with Crippen LogP contribution < -0.4 is 10.6 Å². The first-order valence-electron chi connectivity index (χ1n) is 8.33. The topological polar surface area (TPSA) is 54.0 Å². The van der Waals surface area contributed by atoms with E-state index in [9.17, 15) is 4.79 Å². The van der Waals surface area contributed by atoms with Crippen LogP contribution in [0.25, 0.3) is 0 Å². The molecule has 1 aromatic heterocycles. The minimum absolute atomic E-state index is 0.0761. The van der Waals surface area contributed by atoms with E-state index in [1.54, 1.807) is 0 Å². The molecule has 1 amide bonds. The average Bonchev–Trinajstić information content (AvgIpc) is 3.02. The highest BCUT2D eigenvalue weighted by atomic mass is 32.1. The fourth-order valence-electron chi connectivity index (χ4n) is 2.97. The van der Waals surface area contributed by atoms with Gasteiger partial charge in [0.05, 0.1) is 12.1 Å². The number of rotatable bonds is 6. The van der Waals surface area contributed by atoms with Crippen LogP contribution in [0.1, 0.15) is 37.8 Å². The molecule has 1 heterocycles. The van der Waals surface area contributed by atoms with Crippen LogP contribution in [0.3, 0.4) is 0 Å². The molecule has 3 rings (SSSR count). The van der Waals surface area contributed by atoms with Gasteiger partial charge in [0.2, 0.25) is 5.91 Å². The molecule has 5 heteroatoms. The number of nitrogens with zero attached hydrogens (tertiary/aromatic N) is 1. The Labute approximate surface area is 141 Å². The summed E-state index contributed by atoms with van der Waals surface area (Å²) in [5, 5.41) is 9.10. The van der Waals surface area contributed by atoms with E-state index in [1.807, 2.05) is 35.7 Å². The summed E-state index contributed by atoms with van der Waals surface area (Å²) < 4.78 is 0. The molecule has 23 heavy (non-hydrogen) atoms.